The highest BCUT2D eigenvalue weighted by Crippen LogP contribution is 2.37. The Kier molecular flexibility index (Phi) is 8.19. The molecular formula is C32H33F3N4O. The second-order valence-corrected chi connectivity index (χ2v) is 10.4. The van der Waals surface area contributed by atoms with Crippen molar-refractivity contribution < 1.29 is 17.9 Å². The standard InChI is InChI=1S/C32H33F3N4O/c1-23-18-25(20-27(19-23)32(33,34)35)24(2)40-22-31(26-10-4-3-5-11-26)15-14-28(21-38-31)39(29-12-6-8-16-36-29)30-13-7-9-17-37-30/h3-13,16-20,24,28,38H,14-15,21-22H2,1-2H3/t24-,28+,31-/m1/s1. The van der Waals surface area contributed by atoms with E-state index in [0.717, 1.165) is 30.0 Å². The zero-order chi connectivity index (χ0) is 28.2. The molecule has 0 radical (unpaired) electrons. The van der Waals surface area contributed by atoms with E-state index in [9.17, 15) is 13.2 Å². The molecule has 40 heavy (non-hydrogen) atoms. The van der Waals surface area contributed by atoms with Crippen molar-refractivity contribution in [2.45, 2.75) is 50.6 Å². The Morgan fingerprint density at radius 3 is 2.15 bits per heavy atom. The molecule has 1 N–H and O–H groups in total. The predicted molar refractivity (Wildman–Crippen MR) is 150 cm³/mol. The van der Waals surface area contributed by atoms with E-state index in [-0.39, 0.29) is 6.04 Å². The number of hydrogen-bond acceptors (Lipinski definition) is 5. The normalized spacial score (nSPS) is 20.2. The van der Waals surface area contributed by atoms with E-state index < -0.39 is 23.4 Å². The molecule has 0 amide bonds. The van der Waals surface area contributed by atoms with Gasteiger partial charge in [-0.1, -0.05) is 54.1 Å². The van der Waals surface area contributed by atoms with Gasteiger partial charge in [-0.2, -0.15) is 13.2 Å². The Morgan fingerprint density at radius 1 is 0.950 bits per heavy atom. The molecule has 0 spiro atoms. The summed E-state index contributed by atoms with van der Waals surface area (Å²) in [6.07, 6.45) is 0.223. The molecule has 1 saturated heterocycles. The van der Waals surface area contributed by atoms with E-state index in [1.165, 1.54) is 12.1 Å². The molecule has 3 heterocycles. The number of aromatic nitrogens is 2. The zero-order valence-corrected chi connectivity index (χ0v) is 22.6. The van der Waals surface area contributed by atoms with Crippen molar-refractivity contribution in [2.24, 2.45) is 0 Å². The Balaban J connectivity index is 1.38. The van der Waals surface area contributed by atoms with Gasteiger partial charge in [0, 0.05) is 25.0 Å². The van der Waals surface area contributed by atoms with Gasteiger partial charge in [-0.25, -0.2) is 9.97 Å². The van der Waals surface area contributed by atoms with Gasteiger partial charge in [0.1, 0.15) is 11.6 Å². The molecule has 2 aromatic heterocycles. The number of nitrogens with one attached hydrogen (secondary N) is 1. The summed E-state index contributed by atoms with van der Waals surface area (Å²) in [7, 11) is 0. The average Bonchev–Trinajstić information content (AvgIpc) is 2.98. The Morgan fingerprint density at radius 2 is 1.60 bits per heavy atom. The third-order valence-electron chi connectivity index (χ3n) is 7.54. The van der Waals surface area contributed by atoms with Gasteiger partial charge in [0.25, 0.3) is 0 Å². The average molecular weight is 547 g/mol. The van der Waals surface area contributed by atoms with Crippen LogP contribution in [0.3, 0.4) is 0 Å². The number of rotatable bonds is 8. The van der Waals surface area contributed by atoms with Crippen LogP contribution in [0, 0.1) is 6.92 Å². The number of nitrogens with zero attached hydrogens (tertiary/aromatic N) is 3. The van der Waals surface area contributed by atoms with Gasteiger partial charge in [0.2, 0.25) is 0 Å². The quantitative estimate of drug-likeness (QED) is 0.250. The molecule has 0 aliphatic carbocycles. The molecule has 1 fully saturated rings. The van der Waals surface area contributed by atoms with Crippen molar-refractivity contribution in [2.75, 3.05) is 18.1 Å². The summed E-state index contributed by atoms with van der Waals surface area (Å²) >= 11 is 0. The number of anilines is 2. The fourth-order valence-corrected chi connectivity index (χ4v) is 5.41. The summed E-state index contributed by atoms with van der Waals surface area (Å²) in [6.45, 7) is 4.44. The Bertz CT molecular complexity index is 1340. The van der Waals surface area contributed by atoms with Crippen LogP contribution in [0.25, 0.3) is 0 Å². The Hall–Kier alpha value is -3.75. The van der Waals surface area contributed by atoms with Crippen LogP contribution in [0.15, 0.2) is 97.3 Å². The zero-order valence-electron chi connectivity index (χ0n) is 22.6. The van der Waals surface area contributed by atoms with Crippen LogP contribution in [-0.4, -0.2) is 29.2 Å². The topological polar surface area (TPSA) is 50.3 Å². The highest BCUT2D eigenvalue weighted by atomic mass is 19.4. The van der Waals surface area contributed by atoms with Gasteiger partial charge in [0.15, 0.2) is 0 Å². The summed E-state index contributed by atoms with van der Waals surface area (Å²) in [5, 5.41) is 3.77. The van der Waals surface area contributed by atoms with Gasteiger partial charge in [-0.3, -0.25) is 0 Å². The first-order valence-corrected chi connectivity index (χ1v) is 13.5. The first-order valence-electron chi connectivity index (χ1n) is 13.5. The van der Waals surface area contributed by atoms with E-state index in [2.05, 4.69) is 32.3 Å². The SMILES string of the molecule is Cc1cc([C@@H](C)OC[C@@]2(c3ccccc3)CC[C@H](N(c3ccccn3)c3ccccn3)CN2)cc(C(F)(F)F)c1. The largest absolute Gasteiger partial charge is 0.416 e. The van der Waals surface area contributed by atoms with Gasteiger partial charge < -0.3 is 15.0 Å². The second kappa shape index (κ2) is 11.8. The third kappa shape index (κ3) is 6.18. The molecule has 8 heteroatoms. The summed E-state index contributed by atoms with van der Waals surface area (Å²) < 4.78 is 46.7. The summed E-state index contributed by atoms with van der Waals surface area (Å²) in [5.41, 5.74) is 1.01. The number of ether oxygens (including phenoxy) is 1. The predicted octanol–water partition coefficient (Wildman–Crippen LogP) is 7.37. The lowest BCUT2D eigenvalue weighted by molar-refractivity contribution is -0.137. The highest BCUT2D eigenvalue weighted by Gasteiger charge is 2.40. The van der Waals surface area contributed by atoms with Crippen molar-refractivity contribution in [3.8, 4) is 0 Å². The van der Waals surface area contributed by atoms with Crippen molar-refractivity contribution in [3.05, 3.63) is 120 Å². The fourth-order valence-electron chi connectivity index (χ4n) is 5.41. The number of alkyl halides is 3. The summed E-state index contributed by atoms with van der Waals surface area (Å²) in [6, 6.07) is 26.0. The molecule has 5 rings (SSSR count). The van der Waals surface area contributed by atoms with E-state index in [4.69, 9.17) is 4.74 Å². The fraction of sp³-hybridized carbons (Fsp3) is 0.312. The number of pyridine rings is 2. The van der Waals surface area contributed by atoms with Crippen molar-refractivity contribution >= 4 is 11.6 Å². The molecule has 5 nitrogen and oxygen atoms in total. The molecule has 3 atom stereocenters. The minimum Gasteiger partial charge on any atom is -0.372 e. The maximum Gasteiger partial charge on any atom is 0.416 e. The third-order valence-corrected chi connectivity index (χ3v) is 7.54. The first-order chi connectivity index (χ1) is 19.2. The number of aryl methyl sites for hydroxylation is 1. The molecular weight excluding hydrogens is 513 g/mol. The van der Waals surface area contributed by atoms with Crippen molar-refractivity contribution in [1.29, 1.82) is 0 Å². The number of piperidine rings is 1. The van der Waals surface area contributed by atoms with Crippen LogP contribution in [-0.2, 0) is 16.5 Å². The minimum atomic E-state index is -4.40. The van der Waals surface area contributed by atoms with Gasteiger partial charge in [0.05, 0.1) is 23.8 Å². The molecule has 208 valence electrons. The number of halogens is 3. The van der Waals surface area contributed by atoms with Gasteiger partial charge in [-0.15, -0.1) is 0 Å². The number of benzene rings is 2. The summed E-state index contributed by atoms with van der Waals surface area (Å²) in [4.78, 5) is 11.4. The van der Waals surface area contributed by atoms with Gasteiger partial charge >= 0.3 is 6.18 Å². The van der Waals surface area contributed by atoms with Crippen LogP contribution < -0.4 is 10.2 Å². The van der Waals surface area contributed by atoms with Crippen LogP contribution in [0.1, 0.15) is 48.1 Å². The smallest absolute Gasteiger partial charge is 0.372 e. The molecule has 0 bridgehead atoms. The molecule has 4 aromatic rings. The number of hydrogen-bond donors (Lipinski definition) is 1. The molecule has 0 saturated carbocycles. The molecule has 2 aromatic carbocycles. The Labute approximate surface area is 233 Å². The lowest BCUT2D eigenvalue weighted by Gasteiger charge is -2.45. The lowest BCUT2D eigenvalue weighted by atomic mass is 9.81. The molecule has 0 unspecified atom stereocenters. The highest BCUT2D eigenvalue weighted by molar-refractivity contribution is 5.57. The van der Waals surface area contributed by atoms with Crippen molar-refractivity contribution in [1.82, 2.24) is 15.3 Å². The van der Waals surface area contributed by atoms with E-state index >= 15 is 0 Å². The van der Waals surface area contributed by atoms with E-state index in [1.54, 1.807) is 25.4 Å². The van der Waals surface area contributed by atoms with Gasteiger partial charge in [-0.05, 0) is 74.2 Å². The molecule has 1 aliphatic rings. The lowest BCUT2D eigenvalue weighted by Crippen LogP contribution is -2.56. The maximum atomic E-state index is 13.5. The second-order valence-electron chi connectivity index (χ2n) is 10.4. The van der Waals surface area contributed by atoms with E-state index in [0.29, 0.717) is 24.3 Å². The van der Waals surface area contributed by atoms with Crippen LogP contribution in [0.5, 0.6) is 0 Å². The van der Waals surface area contributed by atoms with E-state index in [1.807, 2.05) is 61.5 Å². The van der Waals surface area contributed by atoms with Crippen LogP contribution in [0.4, 0.5) is 24.8 Å². The minimum absolute atomic E-state index is 0.0881. The first kappa shape index (κ1) is 27.8. The van der Waals surface area contributed by atoms with Crippen LogP contribution >= 0.6 is 0 Å². The van der Waals surface area contributed by atoms with Crippen LogP contribution in [0.2, 0.25) is 0 Å². The summed E-state index contributed by atoms with van der Waals surface area (Å²) in [5.74, 6) is 1.65. The maximum absolute atomic E-state index is 13.5. The molecule has 1 aliphatic heterocycles. The van der Waals surface area contributed by atoms with Crippen molar-refractivity contribution in [3.63, 3.8) is 0 Å². The monoisotopic (exact) mass is 546 g/mol.